The van der Waals surface area contributed by atoms with Crippen molar-refractivity contribution in [2.75, 3.05) is 50.2 Å². The number of likely N-dealkylation sites (N-methyl/N-ethyl adjacent to an activating group) is 1. The van der Waals surface area contributed by atoms with Crippen molar-refractivity contribution in [1.29, 1.82) is 0 Å². The number of benzene rings is 2. The first-order chi connectivity index (χ1) is 19.5. The van der Waals surface area contributed by atoms with Gasteiger partial charge in [-0.15, -0.1) is 0 Å². The van der Waals surface area contributed by atoms with E-state index in [0.29, 0.717) is 11.4 Å². The molecule has 0 spiro atoms. The molecule has 0 bridgehead atoms. The van der Waals surface area contributed by atoms with Crippen LogP contribution >= 0.6 is 0 Å². The van der Waals surface area contributed by atoms with Crippen LogP contribution in [0.25, 0.3) is 10.9 Å². The van der Waals surface area contributed by atoms with Crippen LogP contribution in [0.3, 0.4) is 0 Å². The first-order valence-electron chi connectivity index (χ1n) is 13.6. The van der Waals surface area contributed by atoms with E-state index in [-0.39, 0.29) is 23.7 Å². The van der Waals surface area contributed by atoms with Gasteiger partial charge in [0.05, 0.1) is 40.6 Å². The molecule has 6 radical (unpaired) electrons. The Bertz CT molecular complexity index is 1660. The van der Waals surface area contributed by atoms with Gasteiger partial charge in [0.25, 0.3) is 0 Å². The molecule has 3 aromatic rings. The molecule has 1 aromatic heterocycles. The van der Waals surface area contributed by atoms with Gasteiger partial charge in [-0.1, -0.05) is 18.1 Å². The third-order valence-corrected chi connectivity index (χ3v) is 8.00. The Balaban J connectivity index is 1.66. The summed E-state index contributed by atoms with van der Waals surface area (Å²) < 4.78 is 46.3. The fraction of sp³-hybridized carbons (Fsp3) is 0.400. The predicted molar refractivity (Wildman–Crippen MR) is 171 cm³/mol. The van der Waals surface area contributed by atoms with E-state index in [9.17, 15) is 12.8 Å². The lowest BCUT2D eigenvalue weighted by Gasteiger charge is -2.29. The number of anilines is 2. The number of fused-ring (bicyclic) bond motifs is 1. The van der Waals surface area contributed by atoms with Crippen molar-refractivity contribution in [3.05, 3.63) is 59.9 Å². The highest BCUT2D eigenvalue weighted by Crippen LogP contribution is 2.33. The maximum Gasteiger partial charge on any atom is 0.175 e. The number of hydrogen-bond donors (Lipinski definition) is 1. The van der Waals surface area contributed by atoms with Crippen LogP contribution in [0.2, 0.25) is 0 Å². The van der Waals surface area contributed by atoms with Crippen molar-refractivity contribution in [3.63, 3.8) is 0 Å². The molecule has 0 aliphatic carbocycles. The van der Waals surface area contributed by atoms with E-state index in [1.165, 1.54) is 23.9 Å². The van der Waals surface area contributed by atoms with Crippen LogP contribution in [-0.2, 0) is 16.4 Å². The van der Waals surface area contributed by atoms with Crippen LogP contribution in [0.15, 0.2) is 59.1 Å². The van der Waals surface area contributed by atoms with Crippen molar-refractivity contribution < 1.29 is 17.5 Å². The number of alkyl halides is 1. The number of halogens is 1. The average molecular weight is 582 g/mol. The summed E-state index contributed by atoms with van der Waals surface area (Å²) in [6.45, 7) is 5.26. The molecule has 0 saturated carbocycles. The summed E-state index contributed by atoms with van der Waals surface area (Å²) >= 11 is 0. The minimum atomic E-state index is -3.51. The third kappa shape index (κ3) is 7.96. The number of sulfone groups is 1. The fourth-order valence-electron chi connectivity index (χ4n) is 4.86. The van der Waals surface area contributed by atoms with Gasteiger partial charge in [0.2, 0.25) is 0 Å². The monoisotopic (exact) mass is 582 g/mol. The van der Waals surface area contributed by atoms with E-state index >= 15 is 0 Å². The zero-order chi connectivity index (χ0) is 30.9. The molecule has 2 heterocycles. The maximum absolute atomic E-state index is 15.0. The van der Waals surface area contributed by atoms with E-state index in [2.05, 4.69) is 53.2 Å². The third-order valence-electron chi connectivity index (χ3n) is 6.89. The van der Waals surface area contributed by atoms with E-state index in [0.717, 1.165) is 42.4 Å². The molecule has 2 aromatic carbocycles. The summed E-state index contributed by atoms with van der Waals surface area (Å²) in [5.41, 5.74) is 2.78. The van der Waals surface area contributed by atoms with Crippen LogP contribution in [0.1, 0.15) is 26.0 Å². The average Bonchev–Trinajstić information content (AvgIpc) is 3.21. The van der Waals surface area contributed by atoms with Crippen LogP contribution in [0.4, 0.5) is 15.8 Å². The van der Waals surface area contributed by atoms with Crippen molar-refractivity contribution in [3.8, 4) is 17.6 Å². The Morgan fingerprint density at radius 3 is 2.52 bits per heavy atom. The number of aromatic nitrogens is 1. The molecule has 0 unspecified atom stereocenters. The van der Waals surface area contributed by atoms with Crippen LogP contribution in [-0.4, -0.2) is 92.4 Å². The molecular formula is C30H34B3FN4O3S. The smallest absolute Gasteiger partial charge is 0.175 e. The lowest BCUT2D eigenvalue weighted by atomic mass is 9.52. The molecule has 0 amide bonds. The fourth-order valence-corrected chi connectivity index (χ4v) is 5.50. The Labute approximate surface area is 252 Å². The van der Waals surface area contributed by atoms with Gasteiger partial charge >= 0.3 is 0 Å². The topological polar surface area (TPSA) is 66.8 Å². The number of ether oxygens (including phenoxy) is 1. The standard InChI is InChI=1S/C30H34B3FN4O3S/c1-29(2,34)20-38-22(18-24-26(9-6-10-27(24)38)37(4)21-13-16-36(3)17-14-21)8-7-15-35-25-12-11-23(42(5,39)40)19-28(25)41-30(31,32)33/h6,9-13,18-19,35H,14-17,20H2,1-5H3. The van der Waals surface area contributed by atoms with Gasteiger partial charge < -0.3 is 24.4 Å². The Morgan fingerprint density at radius 1 is 1.17 bits per heavy atom. The van der Waals surface area contributed by atoms with Gasteiger partial charge in [-0.2, -0.15) is 0 Å². The summed E-state index contributed by atoms with van der Waals surface area (Å²) in [7, 11) is 17.5. The van der Waals surface area contributed by atoms with Crippen LogP contribution < -0.4 is 15.0 Å². The van der Waals surface area contributed by atoms with Gasteiger partial charge in [-0.25, -0.2) is 12.8 Å². The molecule has 42 heavy (non-hydrogen) atoms. The van der Waals surface area contributed by atoms with Crippen LogP contribution in [0.5, 0.6) is 5.75 Å². The summed E-state index contributed by atoms with van der Waals surface area (Å²) in [6.07, 6.45) is 4.26. The molecule has 1 N–H and O–H groups in total. The van der Waals surface area contributed by atoms with E-state index in [4.69, 9.17) is 28.3 Å². The first-order valence-corrected chi connectivity index (χ1v) is 15.5. The van der Waals surface area contributed by atoms with E-state index in [1.54, 1.807) is 13.8 Å². The molecule has 1 aliphatic rings. The maximum atomic E-state index is 15.0. The second kappa shape index (κ2) is 12.1. The highest BCUT2D eigenvalue weighted by molar-refractivity contribution is 7.90. The zero-order valence-electron chi connectivity index (χ0n) is 24.7. The Kier molecular flexibility index (Phi) is 9.15. The first kappa shape index (κ1) is 31.6. The molecule has 214 valence electrons. The Morgan fingerprint density at radius 2 is 1.90 bits per heavy atom. The number of hydrogen-bond acceptors (Lipinski definition) is 6. The second-order valence-corrected chi connectivity index (χ2v) is 13.4. The summed E-state index contributed by atoms with van der Waals surface area (Å²) in [4.78, 5) is 4.49. The van der Waals surface area contributed by atoms with Gasteiger partial charge in [-0.3, -0.25) is 0 Å². The molecule has 7 nitrogen and oxygen atoms in total. The highest BCUT2D eigenvalue weighted by atomic mass is 32.2. The largest absolute Gasteiger partial charge is 0.514 e. The molecule has 0 atom stereocenters. The summed E-state index contributed by atoms with van der Waals surface area (Å²) in [5.74, 6) is 6.34. The molecule has 0 saturated heterocycles. The molecule has 12 heteroatoms. The predicted octanol–water partition coefficient (Wildman–Crippen LogP) is 3.41. The van der Waals surface area contributed by atoms with Gasteiger partial charge in [0.15, 0.2) is 9.84 Å². The quantitative estimate of drug-likeness (QED) is 0.309. The highest BCUT2D eigenvalue weighted by Gasteiger charge is 2.22. The number of nitrogens with one attached hydrogen (secondary N) is 1. The van der Waals surface area contributed by atoms with Crippen molar-refractivity contribution in [1.82, 2.24) is 9.47 Å². The minimum Gasteiger partial charge on any atom is -0.514 e. The van der Waals surface area contributed by atoms with Gasteiger partial charge in [0, 0.05) is 50.0 Å². The molecule has 4 rings (SSSR count). The number of nitrogens with zero attached hydrogens (tertiary/aromatic N) is 3. The van der Waals surface area contributed by atoms with Crippen molar-refractivity contribution in [2.24, 2.45) is 0 Å². The summed E-state index contributed by atoms with van der Waals surface area (Å²) in [5, 5.41) is 2.06. The van der Waals surface area contributed by atoms with E-state index in [1.807, 2.05) is 22.8 Å². The molecule has 1 aliphatic heterocycles. The molecular weight excluding hydrogens is 548 g/mol. The SMILES string of the molecule is [B]C([B])([B])Oc1cc(S(C)(=O)=O)ccc1NCC#Cc1cc2c(N(C)C3=CCN(C)CC3)cccc2n1CC(C)(C)F. The zero-order valence-corrected chi connectivity index (χ0v) is 25.6. The van der Waals surface area contributed by atoms with Gasteiger partial charge in [-0.05, 0) is 62.4 Å². The van der Waals surface area contributed by atoms with Crippen LogP contribution in [0, 0.1) is 11.8 Å². The second-order valence-electron chi connectivity index (χ2n) is 11.4. The number of rotatable bonds is 9. The normalized spacial score (nSPS) is 14.7. The lowest BCUT2D eigenvalue weighted by Crippen LogP contribution is -2.37. The lowest BCUT2D eigenvalue weighted by molar-refractivity contribution is 0.188. The minimum absolute atomic E-state index is 0.0218. The summed E-state index contributed by atoms with van der Waals surface area (Å²) in [6, 6.07) is 12.3. The molecule has 0 fully saturated rings. The van der Waals surface area contributed by atoms with Crippen molar-refractivity contribution >= 4 is 55.7 Å². The van der Waals surface area contributed by atoms with Crippen molar-refractivity contribution in [2.45, 2.75) is 42.7 Å². The Hall–Kier alpha value is -3.29. The van der Waals surface area contributed by atoms with Gasteiger partial charge in [0.1, 0.15) is 35.0 Å². The van der Waals surface area contributed by atoms with E-state index < -0.39 is 20.8 Å².